The van der Waals surface area contributed by atoms with Crippen LogP contribution in [0.5, 0.6) is 0 Å². The highest BCUT2D eigenvalue weighted by molar-refractivity contribution is 6.01. The van der Waals surface area contributed by atoms with Gasteiger partial charge in [0.2, 0.25) is 59.1 Å². The molecule has 0 radical (unpaired) electrons. The van der Waals surface area contributed by atoms with Crippen LogP contribution in [0.1, 0.15) is 125 Å². The number of nitrogens with two attached hydrogens (primary N) is 2. The maximum Gasteiger partial charge on any atom is 0.261 e. The number of fused-ring (bicyclic) bond motifs is 3. The van der Waals surface area contributed by atoms with E-state index >= 15 is 9.59 Å². The molecule has 94 heavy (non-hydrogen) atoms. The summed E-state index contributed by atoms with van der Waals surface area (Å²) in [5.41, 5.74) is 5.70. The van der Waals surface area contributed by atoms with Crippen LogP contribution in [0.25, 0.3) is 0 Å². The zero-order chi connectivity index (χ0) is 69.8. The highest BCUT2D eigenvalue weighted by atomic mass is 16.3. The molecule has 4 heterocycles. The summed E-state index contributed by atoms with van der Waals surface area (Å²) in [7, 11) is 5.54. The van der Waals surface area contributed by atoms with E-state index in [1.807, 2.05) is 41.5 Å². The highest BCUT2D eigenvalue weighted by Crippen LogP contribution is 2.27. The molecule has 0 aromatic heterocycles. The van der Waals surface area contributed by atoms with Gasteiger partial charge in [0.15, 0.2) is 5.66 Å². The average molecular weight is 1310 g/mol. The summed E-state index contributed by atoms with van der Waals surface area (Å²) < 4.78 is 0. The van der Waals surface area contributed by atoms with Crippen LogP contribution >= 0.6 is 0 Å². The summed E-state index contributed by atoms with van der Waals surface area (Å²) in [5.74, 6) is -3.65. The summed E-state index contributed by atoms with van der Waals surface area (Å²) in [6.45, 7) is 15.6. The van der Waals surface area contributed by atoms with Crippen LogP contribution in [0.15, 0.2) is 60.7 Å². The molecule has 27 heteroatoms. The van der Waals surface area contributed by atoms with Crippen molar-refractivity contribution >= 4 is 70.9 Å². The zero-order valence-corrected chi connectivity index (χ0v) is 57.0. The van der Waals surface area contributed by atoms with E-state index in [0.29, 0.717) is 37.1 Å². The van der Waals surface area contributed by atoms with Gasteiger partial charge in [-0.05, 0) is 87.7 Å². The lowest BCUT2D eigenvalue weighted by Crippen LogP contribution is -2.72. The van der Waals surface area contributed by atoms with Crippen LogP contribution < -0.4 is 32.8 Å². The van der Waals surface area contributed by atoms with Gasteiger partial charge in [-0.15, -0.1) is 0 Å². The van der Waals surface area contributed by atoms with Crippen molar-refractivity contribution < 1.29 is 62.6 Å². The number of carbonyl (C=O) groups excluding carboxylic acids is 12. The van der Waals surface area contributed by atoms with Crippen LogP contribution in [0.3, 0.4) is 0 Å². The molecule has 12 amide bonds. The summed E-state index contributed by atoms with van der Waals surface area (Å²) in [6.07, 6.45) is -0.346. The number of amides is 12. The van der Waals surface area contributed by atoms with E-state index < -0.39 is 156 Å². The van der Waals surface area contributed by atoms with E-state index in [9.17, 15) is 53.1 Å². The number of nitrogens with zero attached hydrogens (tertiary/aromatic N) is 8. The number of hydrazine groups is 1. The Balaban J connectivity index is 1.43. The van der Waals surface area contributed by atoms with Gasteiger partial charge in [0.1, 0.15) is 54.4 Å². The molecule has 0 saturated carbocycles. The second-order valence-electron chi connectivity index (χ2n) is 27.5. The van der Waals surface area contributed by atoms with E-state index in [0.717, 1.165) is 21.2 Å². The smallest absolute Gasteiger partial charge is 0.261 e. The van der Waals surface area contributed by atoms with Gasteiger partial charge in [0, 0.05) is 73.1 Å². The van der Waals surface area contributed by atoms with E-state index in [1.54, 1.807) is 67.6 Å². The van der Waals surface area contributed by atoms with Gasteiger partial charge >= 0.3 is 0 Å². The average Bonchev–Trinajstić information content (AvgIpc) is 1.16. The molecule has 2 bridgehead atoms. The quantitative estimate of drug-likeness (QED) is 0.110. The van der Waals surface area contributed by atoms with Crippen LogP contribution in [-0.2, 0) is 70.4 Å². The number of likely N-dealkylation sites (N-methyl/N-ethyl adjacent to an activating group) is 4. The number of carbonyl (C=O) groups is 12. The van der Waals surface area contributed by atoms with Crippen molar-refractivity contribution in [2.24, 2.45) is 35.2 Å². The van der Waals surface area contributed by atoms with E-state index in [1.165, 1.54) is 66.5 Å². The third kappa shape index (κ3) is 18.5. The molecule has 2 aromatic carbocycles. The first-order valence-corrected chi connectivity index (χ1v) is 33.0. The Labute approximate surface area is 552 Å². The molecule has 12 atom stereocenters. The Morgan fingerprint density at radius 2 is 1.16 bits per heavy atom. The monoisotopic (exact) mass is 1310 g/mol. The molecule has 27 nitrogen and oxygen atoms in total. The number of rotatable bonds is 12. The summed E-state index contributed by atoms with van der Waals surface area (Å²) >= 11 is 0. The van der Waals surface area contributed by atoms with Crippen molar-refractivity contribution in [1.29, 1.82) is 0 Å². The SMILES string of the molecule is CC(C)CC1NC(=O)C(CC(C)C)N(C)C(=O)C(Cc2ccccc2)N(N)C(=O)[C@H](C)N(C)C(=O)C[C@@H](C(=O)N2CCCCC2)NC(=O)[C@](N)(Cc2ccccc2)NC(=O)[C@@H]2CCN2C(=O)[C@H]([C@@H](C)O)NC(=O)[C@H](CC(C)C)N(C)C(=O)CN2CC(C)[C@@H](C2=O)N(C)C1=O. The predicted octanol–water partition coefficient (Wildman–Crippen LogP) is 0.111. The van der Waals surface area contributed by atoms with Crippen LogP contribution in [0.2, 0.25) is 0 Å². The lowest BCUT2D eigenvalue weighted by atomic mass is 9.94. The molecular formula is C67H102N14O13. The molecule has 0 spiro atoms. The van der Waals surface area contributed by atoms with Gasteiger partial charge in [-0.1, -0.05) is 109 Å². The second-order valence-corrected chi connectivity index (χ2v) is 27.5. The van der Waals surface area contributed by atoms with Crippen LogP contribution in [-0.4, -0.2) is 242 Å². The van der Waals surface area contributed by atoms with Crippen molar-refractivity contribution in [2.45, 2.75) is 193 Å². The first-order valence-electron chi connectivity index (χ1n) is 33.0. The molecule has 518 valence electrons. The summed E-state index contributed by atoms with van der Waals surface area (Å²) in [4.78, 5) is 185. The number of hydrogen-bond acceptors (Lipinski definition) is 15. The largest absolute Gasteiger partial charge is 0.391 e. The number of benzene rings is 2. The minimum absolute atomic E-state index is 0.0198. The van der Waals surface area contributed by atoms with Gasteiger partial charge in [-0.2, -0.15) is 0 Å². The van der Waals surface area contributed by atoms with Gasteiger partial charge in [-0.25, -0.2) is 5.84 Å². The van der Waals surface area contributed by atoms with Crippen molar-refractivity contribution in [3.05, 3.63) is 71.8 Å². The third-order valence-electron chi connectivity index (χ3n) is 18.6. The van der Waals surface area contributed by atoms with Gasteiger partial charge in [0.25, 0.3) is 11.8 Å². The van der Waals surface area contributed by atoms with Crippen LogP contribution in [0.4, 0.5) is 0 Å². The number of aliphatic hydroxyl groups excluding tert-OH is 1. The molecule has 2 aromatic rings. The Morgan fingerprint density at radius 1 is 0.606 bits per heavy atom. The molecule has 4 saturated heterocycles. The normalized spacial score (nSPS) is 28.3. The van der Waals surface area contributed by atoms with Gasteiger partial charge in [0.05, 0.1) is 19.1 Å². The first kappa shape index (κ1) is 75.0. The minimum Gasteiger partial charge on any atom is -0.391 e. The van der Waals surface area contributed by atoms with Crippen LogP contribution in [0, 0.1) is 23.7 Å². The fraction of sp³-hybridized carbons (Fsp3) is 0.642. The third-order valence-corrected chi connectivity index (χ3v) is 18.6. The number of hydrogen-bond donors (Lipinski definition) is 7. The Bertz CT molecular complexity index is 3060. The van der Waals surface area contributed by atoms with Gasteiger partial charge in [-0.3, -0.25) is 62.5 Å². The number of aliphatic hydroxyl groups is 1. The second kappa shape index (κ2) is 32.9. The Morgan fingerprint density at radius 3 is 1.70 bits per heavy atom. The van der Waals surface area contributed by atoms with Crippen molar-refractivity contribution in [3.63, 3.8) is 0 Å². The van der Waals surface area contributed by atoms with Crippen molar-refractivity contribution in [2.75, 3.05) is 60.9 Å². The number of nitrogens with one attached hydrogen (secondary N) is 4. The minimum atomic E-state index is -2.37. The maximum absolute atomic E-state index is 15.2. The lowest BCUT2D eigenvalue weighted by Gasteiger charge is -2.44. The van der Waals surface area contributed by atoms with E-state index in [4.69, 9.17) is 11.6 Å². The van der Waals surface area contributed by atoms with E-state index in [2.05, 4.69) is 21.3 Å². The standard InChI is InChI=1S/C67H102N14O13/c1-39(2)31-47-61(89)77(13)56-42(7)37-79(65(56)93)38-54(84)75(11)50(32-40(3)4)58(86)72-55(44(9)82)64(92)80-30-27-49(80)59(87)73-67(68,36-46-25-19-15-20-26-46)66(94)71-48(62(90)78-28-21-16-22-29-78)35-53(83)74(10)43(8)60(88)81(69)52(34-45-23-17-14-18-24-45)63(91)76(12)51(33-41(5)6)57(85)70-47/h14-15,17-20,23-26,39-44,47-52,55-56,82H,16,21-22,27-38,68-69H2,1-13H3,(H,70,85)(H,71,94)(H,72,86)(H,73,87)/t42?,43-,44+,47?,48-,49-,50-,51?,52?,55-,56-,67-/m0/s1. The summed E-state index contributed by atoms with van der Waals surface area (Å²) in [5, 5.41) is 22.7. The van der Waals surface area contributed by atoms with E-state index in [-0.39, 0.29) is 69.4 Å². The summed E-state index contributed by atoms with van der Waals surface area (Å²) in [6, 6.07) is 4.84. The van der Waals surface area contributed by atoms with Gasteiger partial charge < -0.3 is 66.4 Å². The predicted molar refractivity (Wildman–Crippen MR) is 349 cm³/mol. The molecule has 9 N–H and O–H groups in total. The zero-order valence-electron chi connectivity index (χ0n) is 57.0. The van der Waals surface area contributed by atoms with Crippen molar-refractivity contribution in [1.82, 2.24) is 60.6 Å². The molecule has 6 rings (SSSR count). The molecule has 4 unspecified atom stereocenters. The number of likely N-dealkylation sites (tertiary alicyclic amines) is 1. The number of piperidine rings is 1. The molecule has 0 aliphatic carbocycles. The fourth-order valence-corrected chi connectivity index (χ4v) is 12.8. The highest BCUT2D eigenvalue weighted by Gasteiger charge is 2.49. The molecular weight excluding hydrogens is 1210 g/mol. The van der Waals surface area contributed by atoms with Crippen molar-refractivity contribution in [3.8, 4) is 0 Å². The molecule has 4 fully saturated rings. The molecule has 4 aliphatic rings. The topological polar surface area (TPSA) is 351 Å². The fourth-order valence-electron chi connectivity index (χ4n) is 12.8. The molecule has 4 aliphatic heterocycles. The Kier molecular flexibility index (Phi) is 26.2. The maximum atomic E-state index is 15.2. The Hall–Kier alpha value is -8.04. The lowest BCUT2D eigenvalue weighted by molar-refractivity contribution is -0.154. The first-order chi connectivity index (χ1) is 44.2.